The van der Waals surface area contributed by atoms with Crippen molar-refractivity contribution in [3.05, 3.63) is 58.3 Å². The van der Waals surface area contributed by atoms with Crippen LogP contribution in [0.4, 0.5) is 8.78 Å². The molecule has 0 atom stereocenters. The highest BCUT2D eigenvalue weighted by molar-refractivity contribution is 9.10. The summed E-state index contributed by atoms with van der Waals surface area (Å²) in [6.07, 6.45) is 1.69. The summed E-state index contributed by atoms with van der Waals surface area (Å²) in [5.41, 5.74) is 0.887. The van der Waals surface area contributed by atoms with E-state index >= 15 is 0 Å². The molecule has 4 nitrogen and oxygen atoms in total. The van der Waals surface area contributed by atoms with Crippen molar-refractivity contribution in [3.63, 3.8) is 0 Å². The van der Waals surface area contributed by atoms with Crippen LogP contribution in [0.5, 0.6) is 11.6 Å². The maximum Gasteiger partial charge on any atom is 0.244 e. The molecule has 1 N–H and O–H groups in total. The number of ether oxygens (including phenoxy) is 1. The molecule has 7 heteroatoms. The van der Waals surface area contributed by atoms with Gasteiger partial charge in [-0.05, 0) is 24.3 Å². The lowest BCUT2D eigenvalue weighted by Gasteiger charge is -2.07. The van der Waals surface area contributed by atoms with E-state index in [-0.39, 0.29) is 18.2 Å². The van der Waals surface area contributed by atoms with Gasteiger partial charge in [0.2, 0.25) is 11.7 Å². The number of hydrogen-bond donors (Lipinski definition) is 1. The Morgan fingerprint density at radius 3 is 2.86 bits per heavy atom. The van der Waals surface area contributed by atoms with Crippen molar-refractivity contribution >= 4 is 21.6 Å². The van der Waals surface area contributed by atoms with Gasteiger partial charge in [-0.25, -0.2) is 4.39 Å². The molecular formula is C14H9BrF2N2O2. The minimum atomic E-state index is -1.11. The fraction of sp³-hybridized carbons (Fsp3) is 0.0714. The lowest BCUT2D eigenvalue weighted by Crippen LogP contribution is -1.97. The van der Waals surface area contributed by atoms with Crippen molar-refractivity contribution in [2.75, 3.05) is 0 Å². The molecule has 0 spiro atoms. The monoisotopic (exact) mass is 354 g/mol. The molecule has 3 aromatic rings. The van der Waals surface area contributed by atoms with Crippen LogP contribution in [0.2, 0.25) is 0 Å². The Morgan fingerprint density at radius 1 is 1.29 bits per heavy atom. The first-order valence-electron chi connectivity index (χ1n) is 5.99. The number of aliphatic hydroxyl groups is 1. The summed E-state index contributed by atoms with van der Waals surface area (Å²) in [6.45, 7) is -0.349. The highest BCUT2D eigenvalue weighted by Gasteiger charge is 2.17. The zero-order chi connectivity index (χ0) is 15.0. The number of rotatable bonds is 3. The van der Waals surface area contributed by atoms with Gasteiger partial charge in [0.1, 0.15) is 11.3 Å². The summed E-state index contributed by atoms with van der Waals surface area (Å²) in [5.74, 6) is -2.42. The number of nitrogens with zero attached hydrogens (tertiary/aromatic N) is 2. The van der Waals surface area contributed by atoms with Gasteiger partial charge in [-0.2, -0.15) is 9.37 Å². The molecule has 0 unspecified atom stereocenters. The number of halogens is 3. The highest BCUT2D eigenvalue weighted by atomic mass is 79.9. The van der Waals surface area contributed by atoms with Crippen LogP contribution in [0, 0.1) is 11.6 Å². The molecule has 0 aliphatic rings. The van der Waals surface area contributed by atoms with E-state index in [9.17, 15) is 13.9 Å². The SMILES string of the molecule is OCc1c(Oc2cc(Br)cc(F)c2F)nc2ccccn12. The third-order valence-electron chi connectivity index (χ3n) is 2.91. The first-order valence-corrected chi connectivity index (χ1v) is 6.78. The zero-order valence-corrected chi connectivity index (χ0v) is 12.1. The molecule has 0 aliphatic heterocycles. The molecule has 3 rings (SSSR count). The maximum atomic E-state index is 13.7. The van der Waals surface area contributed by atoms with Crippen LogP contribution in [0.25, 0.3) is 5.65 Å². The Balaban J connectivity index is 2.10. The maximum absolute atomic E-state index is 13.7. The van der Waals surface area contributed by atoms with Gasteiger partial charge in [0.25, 0.3) is 0 Å². The summed E-state index contributed by atoms with van der Waals surface area (Å²) in [7, 11) is 0. The number of aromatic nitrogens is 2. The number of imidazole rings is 1. The highest BCUT2D eigenvalue weighted by Crippen LogP contribution is 2.31. The van der Waals surface area contributed by atoms with Gasteiger partial charge in [0, 0.05) is 10.7 Å². The van der Waals surface area contributed by atoms with Crippen LogP contribution in [-0.4, -0.2) is 14.5 Å². The molecule has 0 bridgehead atoms. The summed E-state index contributed by atoms with van der Waals surface area (Å²) in [6, 6.07) is 7.54. The molecule has 2 aromatic heterocycles. The minimum Gasteiger partial charge on any atom is -0.434 e. The van der Waals surface area contributed by atoms with Crippen molar-refractivity contribution in [2.24, 2.45) is 0 Å². The second kappa shape index (κ2) is 5.42. The first kappa shape index (κ1) is 14.0. The molecule has 2 heterocycles. The van der Waals surface area contributed by atoms with Gasteiger partial charge in [0.15, 0.2) is 11.6 Å². The number of benzene rings is 1. The van der Waals surface area contributed by atoms with Crippen LogP contribution in [0.15, 0.2) is 41.0 Å². The molecule has 0 amide bonds. The van der Waals surface area contributed by atoms with Crippen molar-refractivity contribution in [3.8, 4) is 11.6 Å². The second-order valence-electron chi connectivity index (χ2n) is 4.25. The Morgan fingerprint density at radius 2 is 2.10 bits per heavy atom. The van der Waals surface area contributed by atoms with E-state index in [4.69, 9.17) is 4.74 Å². The third-order valence-corrected chi connectivity index (χ3v) is 3.37. The molecule has 1 aromatic carbocycles. The quantitative estimate of drug-likeness (QED) is 0.730. The van der Waals surface area contributed by atoms with Gasteiger partial charge in [-0.3, -0.25) is 4.40 Å². The predicted molar refractivity (Wildman–Crippen MR) is 75.2 cm³/mol. The normalized spacial score (nSPS) is 11.0. The number of hydrogen-bond acceptors (Lipinski definition) is 3. The second-order valence-corrected chi connectivity index (χ2v) is 5.17. The molecule has 0 saturated heterocycles. The smallest absolute Gasteiger partial charge is 0.244 e. The number of aliphatic hydroxyl groups excluding tert-OH is 1. The summed E-state index contributed by atoms with van der Waals surface area (Å²) in [5, 5.41) is 9.44. The average molecular weight is 355 g/mol. The van der Waals surface area contributed by atoms with E-state index in [2.05, 4.69) is 20.9 Å². The topological polar surface area (TPSA) is 46.8 Å². The van der Waals surface area contributed by atoms with Gasteiger partial charge < -0.3 is 9.84 Å². The molecule has 0 saturated carbocycles. The molecule has 108 valence electrons. The van der Waals surface area contributed by atoms with Crippen LogP contribution >= 0.6 is 15.9 Å². The molecule has 0 aliphatic carbocycles. The van der Waals surface area contributed by atoms with E-state index in [1.165, 1.54) is 6.07 Å². The largest absolute Gasteiger partial charge is 0.434 e. The molecule has 0 radical (unpaired) electrons. The number of fused-ring (bicyclic) bond motifs is 1. The first-order chi connectivity index (χ1) is 10.1. The average Bonchev–Trinajstić information content (AvgIpc) is 2.81. The lowest BCUT2D eigenvalue weighted by atomic mass is 10.3. The van der Waals surface area contributed by atoms with Crippen molar-refractivity contribution in [1.82, 2.24) is 9.38 Å². The van der Waals surface area contributed by atoms with Crippen molar-refractivity contribution in [1.29, 1.82) is 0 Å². The van der Waals surface area contributed by atoms with Gasteiger partial charge >= 0.3 is 0 Å². The van der Waals surface area contributed by atoms with Gasteiger partial charge in [0.05, 0.1) is 6.61 Å². The van der Waals surface area contributed by atoms with Gasteiger partial charge in [-0.15, -0.1) is 0 Å². The molecular weight excluding hydrogens is 346 g/mol. The van der Waals surface area contributed by atoms with Crippen molar-refractivity contribution < 1.29 is 18.6 Å². The van der Waals surface area contributed by atoms with E-state index < -0.39 is 11.6 Å². The summed E-state index contributed by atoms with van der Waals surface area (Å²) >= 11 is 3.07. The predicted octanol–water partition coefficient (Wildman–Crippen LogP) is 3.66. The Labute approximate surface area is 126 Å². The fourth-order valence-electron chi connectivity index (χ4n) is 1.96. The van der Waals surface area contributed by atoms with Crippen LogP contribution < -0.4 is 4.74 Å². The standard InChI is InChI=1S/C14H9BrF2N2O2/c15-8-5-9(16)13(17)11(6-8)21-14-10(7-20)19-4-2-1-3-12(19)18-14/h1-6,20H,7H2. The van der Waals surface area contributed by atoms with E-state index in [0.29, 0.717) is 15.8 Å². The third kappa shape index (κ3) is 2.50. The molecule has 0 fully saturated rings. The zero-order valence-electron chi connectivity index (χ0n) is 10.6. The Hall–Kier alpha value is -1.99. The van der Waals surface area contributed by atoms with E-state index in [0.717, 1.165) is 6.07 Å². The summed E-state index contributed by atoms with van der Waals surface area (Å²) < 4.78 is 34.4. The van der Waals surface area contributed by atoms with Crippen LogP contribution in [0.1, 0.15) is 5.69 Å². The summed E-state index contributed by atoms with van der Waals surface area (Å²) in [4.78, 5) is 4.16. The van der Waals surface area contributed by atoms with Crippen molar-refractivity contribution in [2.45, 2.75) is 6.61 Å². The minimum absolute atomic E-state index is 0.0279. The fourth-order valence-corrected chi connectivity index (χ4v) is 2.37. The van der Waals surface area contributed by atoms with E-state index in [1.807, 2.05) is 0 Å². The molecule has 21 heavy (non-hydrogen) atoms. The number of pyridine rings is 1. The van der Waals surface area contributed by atoms with E-state index in [1.54, 1.807) is 28.8 Å². The van der Waals surface area contributed by atoms with Crippen LogP contribution in [-0.2, 0) is 6.61 Å². The Kier molecular flexibility index (Phi) is 3.60. The lowest BCUT2D eigenvalue weighted by molar-refractivity contribution is 0.269. The van der Waals surface area contributed by atoms with Gasteiger partial charge in [-0.1, -0.05) is 22.0 Å². The Bertz CT molecular complexity index is 820. The van der Waals surface area contributed by atoms with Crippen LogP contribution in [0.3, 0.4) is 0 Å².